The quantitative estimate of drug-likeness (QED) is 0.637. The summed E-state index contributed by atoms with van der Waals surface area (Å²) in [7, 11) is 3.49. The smallest absolute Gasteiger partial charge is 0.245 e. The van der Waals surface area contributed by atoms with Gasteiger partial charge in [0.15, 0.2) is 0 Å². The van der Waals surface area contributed by atoms with E-state index in [-0.39, 0.29) is 17.9 Å². The van der Waals surface area contributed by atoms with Gasteiger partial charge in [-0.1, -0.05) is 44.9 Å². The van der Waals surface area contributed by atoms with Gasteiger partial charge in [0.25, 0.3) is 0 Å². The fourth-order valence-electron chi connectivity index (χ4n) is 4.52. The molecule has 3 atom stereocenters. The van der Waals surface area contributed by atoms with E-state index in [2.05, 4.69) is 10.3 Å². The predicted octanol–water partition coefficient (Wildman–Crippen LogP) is 3.16. The van der Waals surface area contributed by atoms with Crippen LogP contribution in [0.4, 0.5) is 0 Å². The lowest BCUT2D eigenvalue weighted by Crippen LogP contribution is -2.54. The Hall–Kier alpha value is -1.99. The summed E-state index contributed by atoms with van der Waals surface area (Å²) in [6.07, 6.45) is 13.9. The second kappa shape index (κ2) is 15.0. The highest BCUT2D eigenvalue weighted by Crippen LogP contribution is 2.18. The average Bonchev–Trinajstić information content (AvgIpc) is 2.83. The van der Waals surface area contributed by atoms with Gasteiger partial charge in [-0.25, -0.2) is 0 Å². The number of aromatic nitrogens is 1. The molecule has 33 heavy (non-hydrogen) atoms. The van der Waals surface area contributed by atoms with E-state index < -0.39 is 12.1 Å². The highest BCUT2D eigenvalue weighted by Gasteiger charge is 2.31. The summed E-state index contributed by atoms with van der Waals surface area (Å²) in [4.78, 5) is 33.1. The van der Waals surface area contributed by atoms with Crippen molar-refractivity contribution in [3.63, 3.8) is 0 Å². The van der Waals surface area contributed by atoms with E-state index in [1.165, 1.54) is 31.2 Å². The molecule has 1 aliphatic heterocycles. The maximum absolute atomic E-state index is 13.2. The lowest BCUT2D eigenvalue weighted by Gasteiger charge is -2.36. The van der Waals surface area contributed by atoms with Gasteiger partial charge in [0.1, 0.15) is 6.04 Å². The maximum Gasteiger partial charge on any atom is 0.245 e. The van der Waals surface area contributed by atoms with Crippen molar-refractivity contribution in [1.82, 2.24) is 20.1 Å². The van der Waals surface area contributed by atoms with Crippen molar-refractivity contribution in [2.24, 2.45) is 0 Å². The van der Waals surface area contributed by atoms with Crippen molar-refractivity contribution in [2.45, 2.75) is 95.7 Å². The number of hydrogen-bond acceptors (Lipinski definition) is 5. The van der Waals surface area contributed by atoms with Crippen molar-refractivity contribution in [2.75, 3.05) is 27.2 Å². The minimum absolute atomic E-state index is 0.0196. The predicted molar refractivity (Wildman–Crippen MR) is 132 cm³/mol. The molecule has 2 unspecified atom stereocenters. The molecule has 1 saturated heterocycles. The summed E-state index contributed by atoms with van der Waals surface area (Å²) in [5, 5.41) is 14.3. The fraction of sp³-hybridized carbons (Fsp3) is 0.731. The zero-order valence-corrected chi connectivity index (χ0v) is 20.8. The molecule has 186 valence electrons. The summed E-state index contributed by atoms with van der Waals surface area (Å²) in [6.45, 7) is 2.96. The van der Waals surface area contributed by atoms with Gasteiger partial charge in [0, 0.05) is 39.5 Å². The topological polar surface area (TPSA) is 85.8 Å². The monoisotopic (exact) mass is 460 g/mol. The number of amides is 2. The number of hydrogen-bond donors (Lipinski definition) is 2. The fourth-order valence-corrected chi connectivity index (χ4v) is 4.52. The number of carbonyl (C=O) groups excluding carboxylic acids is 2. The van der Waals surface area contributed by atoms with E-state index in [1.54, 1.807) is 43.2 Å². The maximum atomic E-state index is 13.2. The van der Waals surface area contributed by atoms with E-state index >= 15 is 0 Å². The van der Waals surface area contributed by atoms with Gasteiger partial charge in [-0.05, 0) is 50.4 Å². The molecule has 7 heteroatoms. The zero-order chi connectivity index (χ0) is 24.1. The Balaban J connectivity index is 1.98. The van der Waals surface area contributed by atoms with Crippen molar-refractivity contribution < 1.29 is 14.7 Å². The van der Waals surface area contributed by atoms with Crippen LogP contribution >= 0.6 is 0 Å². The van der Waals surface area contributed by atoms with Crippen LogP contribution in [0.5, 0.6) is 0 Å². The SMILES string of the molecule is C[C@H]1C(=O)N(C)C(C(O)CNCCc2ccncc2)CCCCCCCCCCC(=O)N1C. The third-order valence-corrected chi connectivity index (χ3v) is 6.95. The van der Waals surface area contributed by atoms with E-state index in [1.807, 2.05) is 12.1 Å². The van der Waals surface area contributed by atoms with Gasteiger partial charge >= 0.3 is 0 Å². The van der Waals surface area contributed by atoms with Gasteiger partial charge in [-0.3, -0.25) is 14.6 Å². The molecule has 0 aromatic carbocycles. The average molecular weight is 461 g/mol. The first-order chi connectivity index (χ1) is 15.9. The number of nitrogens with one attached hydrogen (secondary N) is 1. The van der Waals surface area contributed by atoms with Gasteiger partial charge in [-0.2, -0.15) is 0 Å². The van der Waals surface area contributed by atoms with Crippen molar-refractivity contribution in [3.8, 4) is 0 Å². The number of nitrogens with zero attached hydrogens (tertiary/aromatic N) is 3. The molecular weight excluding hydrogens is 416 g/mol. The highest BCUT2D eigenvalue weighted by molar-refractivity contribution is 5.87. The molecule has 2 N–H and O–H groups in total. The molecule has 0 spiro atoms. The standard InChI is InChI=1S/C26H44N4O3/c1-21-26(33)30(3)23(24(31)20-28-19-16-22-14-17-27-18-15-22)12-10-8-6-4-5-7-9-11-13-25(32)29(21)2/h14-15,17-18,21,23-24,28,31H,4-13,16,19-20H2,1-3H3/t21-,23?,24?/m0/s1. The van der Waals surface area contributed by atoms with Gasteiger partial charge in [0.05, 0.1) is 12.1 Å². The van der Waals surface area contributed by atoms with Crippen LogP contribution in [0.3, 0.4) is 0 Å². The molecule has 1 aromatic rings. The second-order valence-corrected chi connectivity index (χ2v) is 9.44. The molecule has 7 nitrogen and oxygen atoms in total. The number of likely N-dealkylation sites (N-methyl/N-ethyl adjacent to an activating group) is 2. The number of pyridine rings is 1. The van der Waals surface area contributed by atoms with Crippen LogP contribution in [0, 0.1) is 0 Å². The first-order valence-electron chi connectivity index (χ1n) is 12.7. The highest BCUT2D eigenvalue weighted by atomic mass is 16.3. The Kier molecular flexibility index (Phi) is 12.4. The molecule has 2 amide bonds. The van der Waals surface area contributed by atoms with E-state index in [4.69, 9.17) is 0 Å². The first kappa shape index (κ1) is 27.3. The molecule has 2 rings (SSSR count). The third kappa shape index (κ3) is 9.41. The lowest BCUT2D eigenvalue weighted by molar-refractivity contribution is -0.146. The molecule has 0 aliphatic carbocycles. The second-order valence-electron chi connectivity index (χ2n) is 9.44. The largest absolute Gasteiger partial charge is 0.390 e. The van der Waals surface area contributed by atoms with Crippen LogP contribution < -0.4 is 5.32 Å². The first-order valence-corrected chi connectivity index (χ1v) is 12.7. The van der Waals surface area contributed by atoms with Crippen LogP contribution in [-0.2, 0) is 16.0 Å². The molecule has 0 saturated carbocycles. The number of carbonyl (C=O) groups is 2. The van der Waals surface area contributed by atoms with Crippen LogP contribution in [0.1, 0.15) is 76.7 Å². The zero-order valence-electron chi connectivity index (χ0n) is 20.8. The molecule has 0 bridgehead atoms. The molecule has 1 aliphatic rings. The number of rotatable bonds is 6. The Bertz CT molecular complexity index is 700. The van der Waals surface area contributed by atoms with Crippen molar-refractivity contribution in [1.29, 1.82) is 0 Å². The van der Waals surface area contributed by atoms with Crippen LogP contribution in [0.15, 0.2) is 24.5 Å². The van der Waals surface area contributed by atoms with Crippen LogP contribution in [0.2, 0.25) is 0 Å². The van der Waals surface area contributed by atoms with Crippen molar-refractivity contribution >= 4 is 11.8 Å². The van der Waals surface area contributed by atoms with Gasteiger partial charge in [-0.15, -0.1) is 0 Å². The summed E-state index contributed by atoms with van der Waals surface area (Å²) < 4.78 is 0. The van der Waals surface area contributed by atoms with Crippen molar-refractivity contribution in [3.05, 3.63) is 30.1 Å². The van der Waals surface area contributed by atoms with E-state index in [9.17, 15) is 14.7 Å². The minimum Gasteiger partial charge on any atom is -0.390 e. The Morgan fingerprint density at radius 3 is 2.27 bits per heavy atom. The van der Waals surface area contributed by atoms with Gasteiger partial charge < -0.3 is 20.2 Å². The van der Waals surface area contributed by atoms with E-state index in [0.29, 0.717) is 13.0 Å². The lowest BCUT2D eigenvalue weighted by atomic mass is 9.99. The molecule has 2 heterocycles. The Labute approximate surface area is 199 Å². The summed E-state index contributed by atoms with van der Waals surface area (Å²) in [6, 6.07) is 3.17. The summed E-state index contributed by atoms with van der Waals surface area (Å²) in [5.74, 6) is -0.0926. The summed E-state index contributed by atoms with van der Waals surface area (Å²) in [5.41, 5.74) is 1.20. The minimum atomic E-state index is -0.663. The molecule has 1 aromatic heterocycles. The summed E-state index contributed by atoms with van der Waals surface area (Å²) >= 11 is 0. The van der Waals surface area contributed by atoms with E-state index in [0.717, 1.165) is 45.1 Å². The normalized spacial score (nSPS) is 23.5. The van der Waals surface area contributed by atoms with Crippen LogP contribution in [0.25, 0.3) is 0 Å². The molecule has 1 fully saturated rings. The molecular formula is C26H44N4O3. The number of aliphatic hydroxyl groups excluding tert-OH is 1. The van der Waals surface area contributed by atoms with Crippen LogP contribution in [-0.4, -0.2) is 77.1 Å². The molecule has 0 radical (unpaired) electrons. The third-order valence-electron chi connectivity index (χ3n) is 6.95. The number of aliphatic hydroxyl groups is 1. The van der Waals surface area contributed by atoms with Gasteiger partial charge in [0.2, 0.25) is 11.8 Å². The Morgan fingerprint density at radius 2 is 1.61 bits per heavy atom. The Morgan fingerprint density at radius 1 is 1.00 bits per heavy atom.